The molecule has 0 radical (unpaired) electrons. The number of rotatable bonds is 5. The first-order valence-corrected chi connectivity index (χ1v) is 11.0. The van der Waals surface area contributed by atoms with E-state index in [0.717, 1.165) is 22.5 Å². The highest BCUT2D eigenvalue weighted by molar-refractivity contribution is 5.96. The number of hydrogen-bond donors (Lipinski definition) is 1. The van der Waals surface area contributed by atoms with Crippen LogP contribution >= 0.6 is 0 Å². The second kappa shape index (κ2) is 9.69. The fraction of sp³-hybridized carbons (Fsp3) is 0.259. The van der Waals surface area contributed by atoms with E-state index in [4.69, 9.17) is 0 Å². The Hall–Kier alpha value is -3.60. The number of piperidine rings is 1. The summed E-state index contributed by atoms with van der Waals surface area (Å²) in [5.41, 5.74) is 4.81. The predicted octanol–water partition coefficient (Wildman–Crippen LogP) is 4.91. The fourth-order valence-corrected chi connectivity index (χ4v) is 4.05. The number of carbonyl (C=O) groups excluding carboxylic acids is 2. The Morgan fingerprint density at radius 2 is 1.41 bits per heavy atom. The molecule has 5 heteroatoms. The highest BCUT2D eigenvalue weighted by atomic mass is 16.2. The molecule has 0 aliphatic carbocycles. The van der Waals surface area contributed by atoms with Gasteiger partial charge < -0.3 is 15.1 Å². The third-order valence-electron chi connectivity index (χ3n) is 6.04. The van der Waals surface area contributed by atoms with Crippen molar-refractivity contribution < 1.29 is 9.59 Å². The second-order valence-corrected chi connectivity index (χ2v) is 8.44. The molecule has 1 aliphatic heterocycles. The molecule has 1 fully saturated rings. The molecular formula is C27H29N3O2. The number of carbonyl (C=O) groups is 2. The average molecular weight is 428 g/mol. The monoisotopic (exact) mass is 427 g/mol. The second-order valence-electron chi connectivity index (χ2n) is 8.44. The maximum atomic E-state index is 12.9. The Morgan fingerprint density at radius 1 is 0.812 bits per heavy atom. The average Bonchev–Trinajstić information content (AvgIpc) is 2.84. The van der Waals surface area contributed by atoms with Gasteiger partial charge in [-0.2, -0.15) is 0 Å². The van der Waals surface area contributed by atoms with Gasteiger partial charge in [-0.3, -0.25) is 9.59 Å². The summed E-state index contributed by atoms with van der Waals surface area (Å²) in [7, 11) is 3.97. The summed E-state index contributed by atoms with van der Waals surface area (Å²) in [6.07, 6.45) is 1.35. The Balaban J connectivity index is 1.31. The predicted molar refractivity (Wildman–Crippen MR) is 130 cm³/mol. The van der Waals surface area contributed by atoms with Crippen LogP contribution in [0.5, 0.6) is 0 Å². The third kappa shape index (κ3) is 4.99. The minimum Gasteiger partial charge on any atom is -0.378 e. The van der Waals surface area contributed by atoms with Gasteiger partial charge in [0.05, 0.1) is 0 Å². The highest BCUT2D eigenvalue weighted by Gasteiger charge is 2.28. The summed E-state index contributed by atoms with van der Waals surface area (Å²) < 4.78 is 0. The van der Waals surface area contributed by atoms with Crippen LogP contribution in [0.3, 0.4) is 0 Å². The van der Waals surface area contributed by atoms with Crippen molar-refractivity contribution in [1.29, 1.82) is 0 Å². The van der Waals surface area contributed by atoms with Crippen LogP contribution in [0.15, 0.2) is 78.9 Å². The van der Waals surface area contributed by atoms with Crippen LogP contribution in [0.1, 0.15) is 23.2 Å². The van der Waals surface area contributed by atoms with Gasteiger partial charge in [-0.15, -0.1) is 0 Å². The number of anilines is 2. The maximum Gasteiger partial charge on any atom is 0.253 e. The molecule has 1 heterocycles. The van der Waals surface area contributed by atoms with Crippen LogP contribution in [-0.4, -0.2) is 43.9 Å². The van der Waals surface area contributed by atoms with Crippen LogP contribution in [0.2, 0.25) is 0 Å². The van der Waals surface area contributed by atoms with Crippen molar-refractivity contribution >= 4 is 23.2 Å². The van der Waals surface area contributed by atoms with E-state index in [9.17, 15) is 9.59 Å². The SMILES string of the molecule is CN(C)c1ccc(NC(=O)C2CCN(C(=O)c3ccc(-c4ccccc4)cc3)CC2)cc1. The first-order chi connectivity index (χ1) is 15.5. The standard InChI is InChI=1S/C27H29N3O2/c1-29(2)25-14-12-24(13-15-25)28-26(31)22-16-18-30(19-17-22)27(32)23-10-8-21(9-11-23)20-6-4-3-5-7-20/h3-15,22H,16-19H2,1-2H3,(H,28,31). The van der Waals surface area contributed by atoms with Crippen molar-refractivity contribution in [2.45, 2.75) is 12.8 Å². The van der Waals surface area contributed by atoms with Crippen LogP contribution < -0.4 is 10.2 Å². The molecular weight excluding hydrogens is 398 g/mol. The number of nitrogens with one attached hydrogen (secondary N) is 1. The van der Waals surface area contributed by atoms with Gasteiger partial charge >= 0.3 is 0 Å². The molecule has 0 saturated carbocycles. The summed E-state index contributed by atoms with van der Waals surface area (Å²) in [6, 6.07) is 25.7. The smallest absolute Gasteiger partial charge is 0.253 e. The topological polar surface area (TPSA) is 52.7 Å². The Bertz CT molecular complexity index is 1050. The van der Waals surface area contributed by atoms with Crippen molar-refractivity contribution in [2.75, 3.05) is 37.4 Å². The third-order valence-corrected chi connectivity index (χ3v) is 6.04. The molecule has 3 aromatic carbocycles. The van der Waals surface area contributed by atoms with E-state index < -0.39 is 0 Å². The molecule has 32 heavy (non-hydrogen) atoms. The van der Waals surface area contributed by atoms with Crippen LogP contribution in [0, 0.1) is 5.92 Å². The first-order valence-electron chi connectivity index (χ1n) is 11.0. The largest absolute Gasteiger partial charge is 0.378 e. The first kappa shape index (κ1) is 21.6. The number of amides is 2. The Morgan fingerprint density at radius 3 is 2.00 bits per heavy atom. The number of nitrogens with zero attached hydrogens (tertiary/aromatic N) is 2. The van der Waals surface area contributed by atoms with Crippen molar-refractivity contribution in [3.63, 3.8) is 0 Å². The summed E-state index contributed by atoms with van der Waals surface area (Å²) >= 11 is 0. The lowest BCUT2D eigenvalue weighted by molar-refractivity contribution is -0.121. The molecule has 1 aliphatic rings. The zero-order valence-corrected chi connectivity index (χ0v) is 18.6. The van der Waals surface area contributed by atoms with E-state index in [1.807, 2.05) is 90.6 Å². The van der Waals surface area contributed by atoms with Gasteiger partial charge in [-0.25, -0.2) is 0 Å². The van der Waals surface area contributed by atoms with E-state index in [-0.39, 0.29) is 17.7 Å². The molecule has 0 bridgehead atoms. The summed E-state index contributed by atoms with van der Waals surface area (Å²) in [4.78, 5) is 29.5. The molecule has 164 valence electrons. The molecule has 5 nitrogen and oxygen atoms in total. The van der Waals surface area contributed by atoms with Gasteiger partial charge in [0.2, 0.25) is 5.91 Å². The summed E-state index contributed by atoms with van der Waals surface area (Å²) in [6.45, 7) is 1.19. The van der Waals surface area contributed by atoms with Crippen LogP contribution in [0.25, 0.3) is 11.1 Å². The molecule has 2 amide bonds. The van der Waals surface area contributed by atoms with Gasteiger partial charge in [0.25, 0.3) is 5.91 Å². The molecule has 0 atom stereocenters. The lowest BCUT2D eigenvalue weighted by Gasteiger charge is -2.31. The molecule has 1 saturated heterocycles. The van der Waals surface area contributed by atoms with Gasteiger partial charge in [0.15, 0.2) is 0 Å². The van der Waals surface area contributed by atoms with E-state index >= 15 is 0 Å². The van der Waals surface area contributed by atoms with E-state index in [2.05, 4.69) is 17.4 Å². The van der Waals surface area contributed by atoms with E-state index in [1.54, 1.807) is 0 Å². The zero-order valence-electron chi connectivity index (χ0n) is 18.6. The minimum absolute atomic E-state index is 0.0296. The lowest BCUT2D eigenvalue weighted by atomic mass is 9.95. The lowest BCUT2D eigenvalue weighted by Crippen LogP contribution is -2.41. The maximum absolute atomic E-state index is 12.9. The summed E-state index contributed by atoms with van der Waals surface area (Å²) in [5.74, 6) is -0.0160. The van der Waals surface area contributed by atoms with Gasteiger partial charge in [-0.1, -0.05) is 42.5 Å². The molecule has 0 aromatic heterocycles. The molecule has 4 rings (SSSR count). The van der Waals surface area contributed by atoms with Crippen LogP contribution in [-0.2, 0) is 4.79 Å². The van der Waals surface area contributed by atoms with Gasteiger partial charge in [0.1, 0.15) is 0 Å². The molecule has 1 N–H and O–H groups in total. The van der Waals surface area contributed by atoms with E-state index in [0.29, 0.717) is 31.5 Å². The number of likely N-dealkylation sites (tertiary alicyclic amines) is 1. The van der Waals surface area contributed by atoms with Gasteiger partial charge in [0, 0.05) is 50.0 Å². The molecule has 0 spiro atoms. The normalized spacial score (nSPS) is 14.1. The van der Waals surface area contributed by atoms with Crippen LogP contribution in [0.4, 0.5) is 11.4 Å². The fourth-order valence-electron chi connectivity index (χ4n) is 4.05. The van der Waals surface area contributed by atoms with Crippen molar-refractivity contribution in [2.24, 2.45) is 5.92 Å². The number of hydrogen-bond acceptors (Lipinski definition) is 3. The van der Waals surface area contributed by atoms with Crippen molar-refractivity contribution in [1.82, 2.24) is 4.90 Å². The Labute approximate surface area is 189 Å². The quantitative estimate of drug-likeness (QED) is 0.629. The molecule has 3 aromatic rings. The highest BCUT2D eigenvalue weighted by Crippen LogP contribution is 2.24. The molecule has 0 unspecified atom stereocenters. The number of benzene rings is 3. The van der Waals surface area contributed by atoms with Gasteiger partial charge in [-0.05, 0) is 60.4 Å². The van der Waals surface area contributed by atoms with Crippen molar-refractivity contribution in [3.05, 3.63) is 84.4 Å². The Kier molecular flexibility index (Phi) is 6.55. The van der Waals surface area contributed by atoms with Crippen molar-refractivity contribution in [3.8, 4) is 11.1 Å². The minimum atomic E-state index is -0.0759. The zero-order chi connectivity index (χ0) is 22.5. The summed E-state index contributed by atoms with van der Waals surface area (Å²) in [5, 5.41) is 3.01. The van der Waals surface area contributed by atoms with E-state index in [1.165, 1.54) is 0 Å².